The summed E-state index contributed by atoms with van der Waals surface area (Å²) in [6.07, 6.45) is 7.37. The first-order valence-electron chi connectivity index (χ1n) is 11.5. The molecule has 3 aliphatic heterocycles. The zero-order chi connectivity index (χ0) is 20.5. The SMILES string of the molecule is C=CCN1CCC23c4c5ccc(O)c4OC2C24CCC3(CC2C(C)(C)OCO4)C1C5. The summed E-state index contributed by atoms with van der Waals surface area (Å²) in [7, 11) is 0. The minimum absolute atomic E-state index is 0.0450. The van der Waals surface area contributed by atoms with Gasteiger partial charge in [0.15, 0.2) is 11.5 Å². The average Bonchev–Trinajstić information content (AvgIpc) is 3.09. The van der Waals surface area contributed by atoms with Gasteiger partial charge in [0.2, 0.25) is 0 Å². The van der Waals surface area contributed by atoms with E-state index in [1.54, 1.807) is 0 Å². The molecule has 7 aliphatic rings. The molecule has 0 aromatic heterocycles. The molecular weight excluding hydrogens is 378 g/mol. The van der Waals surface area contributed by atoms with E-state index >= 15 is 0 Å². The molecule has 4 aliphatic carbocycles. The summed E-state index contributed by atoms with van der Waals surface area (Å²) in [4.78, 5) is 2.67. The molecule has 1 N–H and O–H groups in total. The van der Waals surface area contributed by atoms with Gasteiger partial charge in [0.05, 0.1) is 5.60 Å². The largest absolute Gasteiger partial charge is 0.504 e. The van der Waals surface area contributed by atoms with Crippen LogP contribution < -0.4 is 4.74 Å². The Morgan fingerprint density at radius 3 is 2.93 bits per heavy atom. The number of piperidine rings is 1. The number of ether oxygens (including phenoxy) is 3. The number of phenols is 1. The Bertz CT molecular complexity index is 974. The van der Waals surface area contributed by atoms with E-state index in [4.69, 9.17) is 14.2 Å². The van der Waals surface area contributed by atoms with Crippen LogP contribution in [0.25, 0.3) is 0 Å². The Labute approximate surface area is 178 Å². The molecule has 8 rings (SSSR count). The summed E-state index contributed by atoms with van der Waals surface area (Å²) in [6, 6.07) is 4.44. The van der Waals surface area contributed by atoms with Gasteiger partial charge in [-0.15, -0.1) is 6.58 Å². The van der Waals surface area contributed by atoms with Crippen LogP contribution in [0.3, 0.4) is 0 Å². The number of likely N-dealkylation sites (tertiary alicyclic amines) is 1. The molecule has 3 saturated carbocycles. The summed E-state index contributed by atoms with van der Waals surface area (Å²) in [5, 5.41) is 10.8. The Kier molecular flexibility index (Phi) is 3.16. The highest BCUT2D eigenvalue weighted by atomic mass is 16.7. The second-order valence-corrected chi connectivity index (χ2v) is 11.0. The summed E-state index contributed by atoms with van der Waals surface area (Å²) >= 11 is 0. The Balaban J connectivity index is 1.53. The Morgan fingerprint density at radius 1 is 1.23 bits per heavy atom. The molecule has 2 saturated heterocycles. The van der Waals surface area contributed by atoms with Crippen LogP contribution in [0.4, 0.5) is 0 Å². The average molecular weight is 410 g/mol. The molecule has 30 heavy (non-hydrogen) atoms. The lowest BCUT2D eigenvalue weighted by molar-refractivity contribution is -0.371. The fraction of sp³-hybridized carbons (Fsp3) is 0.680. The zero-order valence-corrected chi connectivity index (χ0v) is 17.9. The number of benzene rings is 1. The predicted molar refractivity (Wildman–Crippen MR) is 112 cm³/mol. The molecule has 6 unspecified atom stereocenters. The standard InChI is InChI=1S/C25H31NO4/c1-4-10-26-11-9-24-19-15-5-6-16(27)20(19)30-21(24)25-8-7-23(24,18(26)12-15)13-17(25)22(2,3)28-14-29-25/h4-6,17-18,21,27H,1,7-14H2,2-3H3. The van der Waals surface area contributed by atoms with Crippen molar-refractivity contribution in [3.8, 4) is 11.5 Å². The molecule has 160 valence electrons. The van der Waals surface area contributed by atoms with Gasteiger partial charge in [-0.25, -0.2) is 0 Å². The van der Waals surface area contributed by atoms with Crippen LogP contribution in [0.1, 0.15) is 50.7 Å². The maximum atomic E-state index is 10.8. The fourth-order valence-corrected chi connectivity index (χ4v) is 9.04. The van der Waals surface area contributed by atoms with Crippen molar-refractivity contribution in [1.82, 2.24) is 4.90 Å². The third-order valence-electron chi connectivity index (χ3n) is 10.1. The van der Waals surface area contributed by atoms with Crippen molar-refractivity contribution < 1.29 is 19.3 Å². The van der Waals surface area contributed by atoms with Crippen molar-refractivity contribution >= 4 is 0 Å². The van der Waals surface area contributed by atoms with Crippen LogP contribution in [-0.2, 0) is 21.3 Å². The van der Waals surface area contributed by atoms with E-state index in [1.807, 2.05) is 6.07 Å². The van der Waals surface area contributed by atoms with Crippen molar-refractivity contribution in [2.75, 3.05) is 19.9 Å². The number of fused-ring (bicyclic) bond motifs is 1. The number of aromatic hydroxyl groups is 1. The van der Waals surface area contributed by atoms with Gasteiger partial charge in [-0.1, -0.05) is 12.1 Å². The minimum Gasteiger partial charge on any atom is -0.504 e. The van der Waals surface area contributed by atoms with E-state index in [1.165, 1.54) is 11.1 Å². The van der Waals surface area contributed by atoms with Crippen LogP contribution in [0.15, 0.2) is 24.8 Å². The highest BCUT2D eigenvalue weighted by Gasteiger charge is 2.82. The fourth-order valence-electron chi connectivity index (χ4n) is 9.04. The topological polar surface area (TPSA) is 51.2 Å². The number of hydrogen-bond acceptors (Lipinski definition) is 5. The lowest BCUT2D eigenvalue weighted by Crippen LogP contribution is -2.83. The monoisotopic (exact) mass is 409 g/mol. The quantitative estimate of drug-likeness (QED) is 0.758. The third-order valence-corrected chi connectivity index (χ3v) is 10.1. The lowest BCUT2D eigenvalue weighted by Gasteiger charge is -2.76. The van der Waals surface area contributed by atoms with Crippen molar-refractivity contribution in [1.29, 1.82) is 0 Å². The van der Waals surface area contributed by atoms with Gasteiger partial charge in [-0.05, 0) is 64.1 Å². The van der Waals surface area contributed by atoms with Crippen LogP contribution in [0.2, 0.25) is 0 Å². The van der Waals surface area contributed by atoms with Crippen LogP contribution in [0, 0.1) is 11.3 Å². The second kappa shape index (κ2) is 5.25. The summed E-state index contributed by atoms with van der Waals surface area (Å²) < 4.78 is 19.6. The lowest BCUT2D eigenvalue weighted by atomic mass is 9.33. The first-order chi connectivity index (χ1) is 14.4. The van der Waals surface area contributed by atoms with Crippen LogP contribution in [0.5, 0.6) is 11.5 Å². The maximum Gasteiger partial charge on any atom is 0.165 e. The molecular formula is C25H31NO4. The molecule has 0 radical (unpaired) electrons. The van der Waals surface area contributed by atoms with Gasteiger partial charge in [-0.2, -0.15) is 0 Å². The first-order valence-corrected chi connectivity index (χ1v) is 11.5. The molecule has 0 amide bonds. The Morgan fingerprint density at radius 2 is 2.10 bits per heavy atom. The zero-order valence-electron chi connectivity index (χ0n) is 17.9. The van der Waals surface area contributed by atoms with E-state index in [9.17, 15) is 5.11 Å². The van der Waals surface area contributed by atoms with E-state index in [0.29, 0.717) is 18.6 Å². The number of phenolic OH excluding ortho intramolecular Hbond substituents is 1. The highest BCUT2D eigenvalue weighted by molar-refractivity contribution is 5.63. The normalized spacial score (nSPS) is 46.7. The Hall–Kier alpha value is -1.56. The highest BCUT2D eigenvalue weighted by Crippen LogP contribution is 2.78. The first kappa shape index (κ1) is 18.1. The summed E-state index contributed by atoms with van der Waals surface area (Å²) in [5.74, 6) is 1.32. The summed E-state index contributed by atoms with van der Waals surface area (Å²) in [5.41, 5.74) is 2.15. The predicted octanol–water partition coefficient (Wildman–Crippen LogP) is 3.53. The van der Waals surface area contributed by atoms with Crippen molar-refractivity contribution in [2.24, 2.45) is 11.3 Å². The second-order valence-electron chi connectivity index (χ2n) is 11.0. The van der Waals surface area contributed by atoms with Gasteiger partial charge in [0.25, 0.3) is 0 Å². The molecule has 4 bridgehead atoms. The van der Waals surface area contributed by atoms with Gasteiger partial charge in [0.1, 0.15) is 18.5 Å². The van der Waals surface area contributed by atoms with Crippen molar-refractivity contribution in [2.45, 2.75) is 74.7 Å². The molecule has 5 heteroatoms. The number of nitrogens with zero attached hydrogens (tertiary/aromatic N) is 1. The number of rotatable bonds is 2. The smallest absolute Gasteiger partial charge is 0.165 e. The van der Waals surface area contributed by atoms with E-state index in [0.717, 1.165) is 50.9 Å². The van der Waals surface area contributed by atoms with Gasteiger partial charge in [0, 0.05) is 34.9 Å². The van der Waals surface area contributed by atoms with E-state index in [-0.39, 0.29) is 34.1 Å². The summed E-state index contributed by atoms with van der Waals surface area (Å²) in [6.45, 7) is 10.8. The molecule has 3 heterocycles. The molecule has 6 atom stereocenters. The molecule has 5 fully saturated rings. The van der Waals surface area contributed by atoms with Gasteiger partial charge in [-0.3, -0.25) is 4.90 Å². The molecule has 1 aromatic rings. The maximum absolute atomic E-state index is 10.8. The molecule has 5 nitrogen and oxygen atoms in total. The van der Waals surface area contributed by atoms with Crippen LogP contribution in [-0.4, -0.2) is 53.2 Å². The molecule has 3 spiro atoms. The van der Waals surface area contributed by atoms with Gasteiger partial charge >= 0.3 is 0 Å². The molecule has 1 aromatic carbocycles. The minimum atomic E-state index is -0.339. The number of hydrogen-bond donors (Lipinski definition) is 1. The third kappa shape index (κ3) is 1.66. The van der Waals surface area contributed by atoms with E-state index in [2.05, 4.69) is 37.5 Å². The van der Waals surface area contributed by atoms with Gasteiger partial charge < -0.3 is 19.3 Å². The van der Waals surface area contributed by atoms with Crippen LogP contribution >= 0.6 is 0 Å². The van der Waals surface area contributed by atoms with Crippen molar-refractivity contribution in [3.63, 3.8) is 0 Å². The van der Waals surface area contributed by atoms with Crippen molar-refractivity contribution in [3.05, 3.63) is 35.9 Å². The van der Waals surface area contributed by atoms with E-state index < -0.39 is 0 Å².